The molecule has 0 fully saturated rings. The minimum absolute atomic E-state index is 0.138. The Hall–Kier alpha value is -1.20. The molecule has 0 spiro atoms. The minimum atomic E-state index is -0.469. The Bertz CT molecular complexity index is 237. The molecule has 5 heteroatoms. The second-order valence-electron chi connectivity index (χ2n) is 2.29. The van der Waals surface area contributed by atoms with Crippen LogP contribution in [-0.4, -0.2) is 29.0 Å². The molecular weight excluding hydrogens is 158 g/mol. The summed E-state index contributed by atoms with van der Waals surface area (Å²) in [5, 5.41) is 16.2. The van der Waals surface area contributed by atoms with Crippen LogP contribution >= 0.6 is 0 Å². The maximum absolute atomic E-state index is 8.69. The fraction of sp³-hybridized carbons (Fsp3) is 0.429. The van der Waals surface area contributed by atoms with Crippen LogP contribution in [0.4, 0.5) is 0 Å². The first kappa shape index (κ1) is 8.89. The zero-order valence-corrected chi connectivity index (χ0v) is 6.77. The maximum Gasteiger partial charge on any atom is 0.233 e. The molecule has 1 unspecified atom stereocenters. The predicted octanol–water partition coefficient (Wildman–Crippen LogP) is -0.523. The Balaban J connectivity index is 2.77. The number of aromatic nitrogens is 2. The van der Waals surface area contributed by atoms with E-state index in [1.165, 1.54) is 7.11 Å². The summed E-state index contributed by atoms with van der Waals surface area (Å²) >= 11 is 0. The molecule has 0 amide bonds. The van der Waals surface area contributed by atoms with Gasteiger partial charge in [0, 0.05) is 6.07 Å². The summed E-state index contributed by atoms with van der Waals surface area (Å²) in [6, 6.07) is 2.85. The number of rotatable bonds is 3. The summed E-state index contributed by atoms with van der Waals surface area (Å²) in [6.45, 7) is -0.138. The molecule has 1 rings (SSSR count). The van der Waals surface area contributed by atoms with Gasteiger partial charge in [0.15, 0.2) is 0 Å². The summed E-state index contributed by atoms with van der Waals surface area (Å²) in [5.74, 6) is 0.434. The van der Waals surface area contributed by atoms with Gasteiger partial charge in [-0.1, -0.05) is 0 Å². The van der Waals surface area contributed by atoms with Crippen molar-refractivity contribution >= 4 is 0 Å². The molecule has 0 radical (unpaired) electrons. The number of hydrogen-bond acceptors (Lipinski definition) is 5. The summed E-state index contributed by atoms with van der Waals surface area (Å²) in [5.41, 5.74) is 6.05. The van der Waals surface area contributed by atoms with Gasteiger partial charge in [-0.05, 0) is 6.07 Å². The van der Waals surface area contributed by atoms with E-state index in [0.717, 1.165) is 0 Å². The lowest BCUT2D eigenvalue weighted by molar-refractivity contribution is 0.264. The van der Waals surface area contributed by atoms with Crippen LogP contribution in [0, 0.1) is 0 Å². The van der Waals surface area contributed by atoms with Gasteiger partial charge in [0.1, 0.15) is 0 Å². The molecule has 12 heavy (non-hydrogen) atoms. The number of ether oxygens (including phenoxy) is 1. The summed E-state index contributed by atoms with van der Waals surface area (Å²) in [7, 11) is 1.51. The van der Waals surface area contributed by atoms with Gasteiger partial charge >= 0.3 is 0 Å². The molecule has 0 aliphatic rings. The van der Waals surface area contributed by atoms with Crippen LogP contribution in [0.15, 0.2) is 12.1 Å². The zero-order chi connectivity index (χ0) is 8.97. The van der Waals surface area contributed by atoms with Crippen molar-refractivity contribution in [1.82, 2.24) is 10.2 Å². The highest BCUT2D eigenvalue weighted by Crippen LogP contribution is 2.08. The van der Waals surface area contributed by atoms with Crippen molar-refractivity contribution in [2.24, 2.45) is 5.73 Å². The fourth-order valence-electron chi connectivity index (χ4n) is 0.731. The van der Waals surface area contributed by atoms with Crippen LogP contribution in [0.2, 0.25) is 0 Å². The third-order valence-corrected chi connectivity index (χ3v) is 1.45. The summed E-state index contributed by atoms with van der Waals surface area (Å²) in [4.78, 5) is 0. The van der Waals surface area contributed by atoms with E-state index in [4.69, 9.17) is 15.6 Å². The fourth-order valence-corrected chi connectivity index (χ4v) is 0.731. The van der Waals surface area contributed by atoms with Crippen LogP contribution in [0.1, 0.15) is 11.7 Å². The molecular formula is C7H11N3O2. The van der Waals surface area contributed by atoms with Gasteiger partial charge in [0.2, 0.25) is 5.88 Å². The smallest absolute Gasteiger partial charge is 0.233 e. The second-order valence-corrected chi connectivity index (χ2v) is 2.29. The van der Waals surface area contributed by atoms with Gasteiger partial charge in [-0.2, -0.15) is 5.10 Å². The largest absolute Gasteiger partial charge is 0.480 e. The van der Waals surface area contributed by atoms with Gasteiger partial charge in [-0.15, -0.1) is 5.10 Å². The first-order chi connectivity index (χ1) is 5.77. The van der Waals surface area contributed by atoms with Crippen molar-refractivity contribution in [2.45, 2.75) is 6.04 Å². The Kier molecular flexibility index (Phi) is 2.95. The van der Waals surface area contributed by atoms with Crippen molar-refractivity contribution in [1.29, 1.82) is 0 Å². The number of methoxy groups -OCH3 is 1. The molecule has 1 atom stereocenters. The normalized spacial score (nSPS) is 12.6. The Morgan fingerprint density at radius 2 is 2.33 bits per heavy atom. The van der Waals surface area contributed by atoms with Crippen molar-refractivity contribution < 1.29 is 9.84 Å². The molecule has 1 heterocycles. The molecule has 0 aliphatic heterocycles. The van der Waals surface area contributed by atoms with Crippen molar-refractivity contribution in [3.63, 3.8) is 0 Å². The molecule has 1 aromatic rings. The van der Waals surface area contributed by atoms with Crippen molar-refractivity contribution in [3.8, 4) is 5.88 Å². The molecule has 0 aliphatic carbocycles. The SMILES string of the molecule is COc1ccc(C(N)CO)nn1. The lowest BCUT2D eigenvalue weighted by atomic mass is 10.2. The summed E-state index contributed by atoms with van der Waals surface area (Å²) < 4.78 is 4.81. The molecule has 0 saturated carbocycles. The number of nitrogens with two attached hydrogens (primary N) is 1. The second kappa shape index (κ2) is 3.99. The van der Waals surface area contributed by atoms with Crippen molar-refractivity contribution in [2.75, 3.05) is 13.7 Å². The maximum atomic E-state index is 8.69. The Morgan fingerprint density at radius 3 is 2.75 bits per heavy atom. The van der Waals surface area contributed by atoms with Crippen LogP contribution in [0.25, 0.3) is 0 Å². The third-order valence-electron chi connectivity index (χ3n) is 1.45. The van der Waals surface area contributed by atoms with Crippen LogP contribution in [0.5, 0.6) is 5.88 Å². The van der Waals surface area contributed by atoms with E-state index in [-0.39, 0.29) is 6.61 Å². The summed E-state index contributed by atoms with van der Waals surface area (Å²) in [6.07, 6.45) is 0. The lowest BCUT2D eigenvalue weighted by Gasteiger charge is -2.05. The van der Waals surface area contributed by atoms with Gasteiger partial charge < -0.3 is 15.6 Å². The minimum Gasteiger partial charge on any atom is -0.480 e. The number of aliphatic hydroxyl groups is 1. The van der Waals surface area contributed by atoms with E-state index in [9.17, 15) is 0 Å². The van der Waals surface area contributed by atoms with Crippen molar-refractivity contribution in [3.05, 3.63) is 17.8 Å². The van der Waals surface area contributed by atoms with Crippen LogP contribution < -0.4 is 10.5 Å². The zero-order valence-electron chi connectivity index (χ0n) is 6.77. The first-order valence-corrected chi connectivity index (χ1v) is 3.52. The highest BCUT2D eigenvalue weighted by atomic mass is 16.5. The standard InChI is InChI=1S/C7H11N3O2/c1-12-7-3-2-6(9-10-7)5(8)4-11/h2-3,5,11H,4,8H2,1H3. The van der Waals surface area contributed by atoms with Crippen LogP contribution in [0.3, 0.4) is 0 Å². The predicted molar refractivity (Wildman–Crippen MR) is 42.6 cm³/mol. The number of hydrogen-bond donors (Lipinski definition) is 2. The van der Waals surface area contributed by atoms with E-state index in [0.29, 0.717) is 11.6 Å². The highest BCUT2D eigenvalue weighted by Gasteiger charge is 2.05. The molecule has 0 aromatic carbocycles. The van der Waals surface area contributed by atoms with E-state index >= 15 is 0 Å². The highest BCUT2D eigenvalue weighted by molar-refractivity contribution is 5.13. The van der Waals surface area contributed by atoms with Crippen LogP contribution in [-0.2, 0) is 0 Å². The molecule has 66 valence electrons. The molecule has 0 bridgehead atoms. The van der Waals surface area contributed by atoms with Gasteiger partial charge in [-0.25, -0.2) is 0 Å². The Morgan fingerprint density at radius 1 is 1.58 bits per heavy atom. The lowest BCUT2D eigenvalue weighted by Crippen LogP contribution is -2.16. The van der Waals surface area contributed by atoms with Gasteiger partial charge in [-0.3, -0.25) is 0 Å². The topological polar surface area (TPSA) is 81.3 Å². The molecule has 3 N–H and O–H groups in total. The molecule has 0 saturated heterocycles. The third kappa shape index (κ3) is 1.90. The monoisotopic (exact) mass is 169 g/mol. The average Bonchev–Trinajstić information content (AvgIpc) is 2.17. The number of aliphatic hydroxyl groups excluding tert-OH is 1. The quantitative estimate of drug-likeness (QED) is 0.636. The first-order valence-electron chi connectivity index (χ1n) is 3.52. The van der Waals surface area contributed by atoms with E-state index in [2.05, 4.69) is 10.2 Å². The Labute approximate surface area is 70.2 Å². The van der Waals surface area contributed by atoms with E-state index in [1.54, 1.807) is 12.1 Å². The number of nitrogens with zero attached hydrogens (tertiary/aromatic N) is 2. The van der Waals surface area contributed by atoms with E-state index in [1.807, 2.05) is 0 Å². The van der Waals surface area contributed by atoms with Gasteiger partial charge in [0.05, 0.1) is 25.5 Å². The molecule has 5 nitrogen and oxygen atoms in total. The average molecular weight is 169 g/mol. The molecule has 1 aromatic heterocycles. The van der Waals surface area contributed by atoms with E-state index < -0.39 is 6.04 Å². The van der Waals surface area contributed by atoms with Gasteiger partial charge in [0.25, 0.3) is 0 Å².